The number of thiazole rings is 1. The Morgan fingerprint density at radius 2 is 2.58 bits per heavy atom. The minimum Gasteiger partial charge on any atom is -0.247 e. The van der Waals surface area contributed by atoms with Crippen LogP contribution in [0.3, 0.4) is 0 Å². The van der Waals surface area contributed by atoms with Crippen LogP contribution in [0.25, 0.3) is 0 Å². The molecule has 0 saturated heterocycles. The van der Waals surface area contributed by atoms with Crippen LogP contribution in [0.4, 0.5) is 0 Å². The molecule has 1 heterocycles. The van der Waals surface area contributed by atoms with Crippen LogP contribution >= 0.6 is 22.9 Å². The van der Waals surface area contributed by atoms with E-state index in [4.69, 9.17) is 16.9 Å². The van der Waals surface area contributed by atoms with Gasteiger partial charge in [0.2, 0.25) is 0 Å². The van der Waals surface area contributed by atoms with Gasteiger partial charge in [0.05, 0.1) is 22.7 Å². The van der Waals surface area contributed by atoms with E-state index in [0.29, 0.717) is 12.3 Å². The van der Waals surface area contributed by atoms with E-state index in [1.165, 1.54) is 0 Å². The fraction of sp³-hybridized carbons (Fsp3) is 0.500. The zero-order chi connectivity index (χ0) is 8.97. The standard InChI is InChI=1S/C8H9ClN2S/c1-6-11-8(5-12-6)2-7(3-9)4-10/h5,7H,2-3H2,1H3. The second-order valence-corrected chi connectivity index (χ2v) is 3.91. The molecule has 1 atom stereocenters. The fourth-order valence-corrected chi connectivity index (χ4v) is 1.69. The Balaban J connectivity index is 2.58. The van der Waals surface area contributed by atoms with Gasteiger partial charge in [-0.2, -0.15) is 5.26 Å². The predicted octanol–water partition coefficient (Wildman–Crippen LogP) is 2.37. The Bertz CT molecular complexity index is 289. The van der Waals surface area contributed by atoms with Crippen LogP contribution in [0.5, 0.6) is 0 Å². The lowest BCUT2D eigenvalue weighted by molar-refractivity contribution is 0.731. The van der Waals surface area contributed by atoms with Gasteiger partial charge in [-0.15, -0.1) is 22.9 Å². The second-order valence-electron chi connectivity index (χ2n) is 2.54. The molecule has 1 aromatic heterocycles. The first kappa shape index (κ1) is 9.50. The molecule has 0 fully saturated rings. The molecule has 1 rings (SSSR count). The van der Waals surface area contributed by atoms with Crippen molar-refractivity contribution in [3.05, 3.63) is 16.1 Å². The monoisotopic (exact) mass is 200 g/mol. The van der Waals surface area contributed by atoms with Crippen molar-refractivity contribution < 1.29 is 0 Å². The van der Waals surface area contributed by atoms with Crippen LogP contribution in [0, 0.1) is 24.2 Å². The van der Waals surface area contributed by atoms with E-state index in [9.17, 15) is 0 Å². The molecule has 0 aliphatic carbocycles. The van der Waals surface area contributed by atoms with Gasteiger partial charge < -0.3 is 0 Å². The number of nitriles is 1. The summed E-state index contributed by atoms with van der Waals surface area (Å²) in [7, 11) is 0. The summed E-state index contributed by atoms with van der Waals surface area (Å²) in [4.78, 5) is 4.26. The Labute approximate surface area is 80.8 Å². The normalized spacial score (nSPS) is 12.4. The minimum absolute atomic E-state index is 0.104. The number of aryl methyl sites for hydroxylation is 1. The Hall–Kier alpha value is -0.590. The molecule has 0 amide bonds. The van der Waals surface area contributed by atoms with Gasteiger partial charge in [-0.25, -0.2) is 4.98 Å². The van der Waals surface area contributed by atoms with E-state index in [1.54, 1.807) is 11.3 Å². The van der Waals surface area contributed by atoms with Gasteiger partial charge in [-0.1, -0.05) is 0 Å². The van der Waals surface area contributed by atoms with Gasteiger partial charge in [-0.05, 0) is 6.92 Å². The fourth-order valence-electron chi connectivity index (χ4n) is 0.889. The molecule has 0 aromatic carbocycles. The van der Waals surface area contributed by atoms with Crippen molar-refractivity contribution >= 4 is 22.9 Å². The van der Waals surface area contributed by atoms with Gasteiger partial charge in [0, 0.05) is 17.7 Å². The summed E-state index contributed by atoms with van der Waals surface area (Å²) in [6, 6.07) is 2.14. The minimum atomic E-state index is -0.104. The SMILES string of the molecule is Cc1nc(CC(C#N)CCl)cs1. The molecule has 64 valence electrons. The van der Waals surface area contributed by atoms with E-state index < -0.39 is 0 Å². The molecular formula is C8H9ClN2S. The van der Waals surface area contributed by atoms with E-state index in [2.05, 4.69) is 11.1 Å². The summed E-state index contributed by atoms with van der Waals surface area (Å²) < 4.78 is 0. The maximum absolute atomic E-state index is 8.64. The van der Waals surface area contributed by atoms with Crippen molar-refractivity contribution in [2.75, 3.05) is 5.88 Å². The maximum Gasteiger partial charge on any atom is 0.0897 e. The van der Waals surface area contributed by atoms with Crippen molar-refractivity contribution in [2.24, 2.45) is 5.92 Å². The average molecular weight is 201 g/mol. The number of nitrogens with zero attached hydrogens (tertiary/aromatic N) is 2. The van der Waals surface area contributed by atoms with Gasteiger partial charge in [-0.3, -0.25) is 0 Å². The lowest BCUT2D eigenvalue weighted by Crippen LogP contribution is -2.03. The average Bonchev–Trinajstić information content (AvgIpc) is 2.47. The highest BCUT2D eigenvalue weighted by atomic mass is 35.5. The molecule has 12 heavy (non-hydrogen) atoms. The maximum atomic E-state index is 8.64. The molecule has 2 nitrogen and oxygen atoms in total. The predicted molar refractivity (Wildman–Crippen MR) is 50.4 cm³/mol. The summed E-state index contributed by atoms with van der Waals surface area (Å²) >= 11 is 7.18. The van der Waals surface area contributed by atoms with Crippen LogP contribution in [-0.4, -0.2) is 10.9 Å². The lowest BCUT2D eigenvalue weighted by Gasteiger charge is -1.99. The molecule has 0 bridgehead atoms. The molecule has 1 unspecified atom stereocenters. The van der Waals surface area contributed by atoms with Crippen molar-refractivity contribution in [1.82, 2.24) is 4.98 Å². The Morgan fingerprint density at radius 3 is 3.00 bits per heavy atom. The van der Waals surface area contributed by atoms with Crippen LogP contribution in [-0.2, 0) is 6.42 Å². The molecule has 0 spiro atoms. The number of alkyl halides is 1. The highest BCUT2D eigenvalue weighted by Crippen LogP contribution is 2.13. The number of hydrogen-bond donors (Lipinski definition) is 0. The molecule has 0 radical (unpaired) electrons. The molecule has 0 saturated carbocycles. The first-order chi connectivity index (χ1) is 5.76. The molecule has 1 aromatic rings. The first-order valence-corrected chi connectivity index (χ1v) is 5.04. The number of aromatic nitrogens is 1. The molecule has 0 N–H and O–H groups in total. The zero-order valence-electron chi connectivity index (χ0n) is 6.75. The van der Waals surface area contributed by atoms with Crippen molar-refractivity contribution in [2.45, 2.75) is 13.3 Å². The van der Waals surface area contributed by atoms with E-state index in [1.807, 2.05) is 12.3 Å². The molecule has 0 aliphatic rings. The van der Waals surface area contributed by atoms with Crippen LogP contribution in [0.2, 0.25) is 0 Å². The molecule has 4 heteroatoms. The van der Waals surface area contributed by atoms with Crippen molar-refractivity contribution in [1.29, 1.82) is 5.26 Å². The van der Waals surface area contributed by atoms with Crippen molar-refractivity contribution in [3.8, 4) is 6.07 Å². The van der Waals surface area contributed by atoms with E-state index in [-0.39, 0.29) is 5.92 Å². The van der Waals surface area contributed by atoms with E-state index in [0.717, 1.165) is 10.7 Å². The number of hydrogen-bond acceptors (Lipinski definition) is 3. The third-order valence-electron chi connectivity index (χ3n) is 1.49. The van der Waals surface area contributed by atoms with E-state index >= 15 is 0 Å². The molecular weight excluding hydrogens is 192 g/mol. The van der Waals surface area contributed by atoms with Gasteiger partial charge >= 0.3 is 0 Å². The van der Waals surface area contributed by atoms with Crippen LogP contribution in [0.1, 0.15) is 10.7 Å². The topological polar surface area (TPSA) is 36.7 Å². The largest absolute Gasteiger partial charge is 0.247 e. The second kappa shape index (κ2) is 4.44. The third-order valence-corrected chi connectivity index (χ3v) is 2.69. The summed E-state index contributed by atoms with van der Waals surface area (Å²) in [5.41, 5.74) is 0.977. The smallest absolute Gasteiger partial charge is 0.0897 e. The van der Waals surface area contributed by atoms with Crippen molar-refractivity contribution in [3.63, 3.8) is 0 Å². The first-order valence-electron chi connectivity index (χ1n) is 3.63. The summed E-state index contributed by atoms with van der Waals surface area (Å²) in [6.45, 7) is 1.95. The number of rotatable bonds is 3. The van der Waals surface area contributed by atoms with Gasteiger partial charge in [0.15, 0.2) is 0 Å². The van der Waals surface area contributed by atoms with Gasteiger partial charge in [0.25, 0.3) is 0 Å². The Morgan fingerprint density at radius 1 is 1.83 bits per heavy atom. The molecule has 0 aliphatic heterocycles. The van der Waals surface area contributed by atoms with Gasteiger partial charge in [0.1, 0.15) is 0 Å². The quantitative estimate of drug-likeness (QED) is 0.703. The highest BCUT2D eigenvalue weighted by molar-refractivity contribution is 7.09. The van der Waals surface area contributed by atoms with Crippen LogP contribution in [0.15, 0.2) is 5.38 Å². The van der Waals surface area contributed by atoms with Crippen LogP contribution < -0.4 is 0 Å². The zero-order valence-corrected chi connectivity index (χ0v) is 8.32. The third kappa shape index (κ3) is 2.47. The Kier molecular flexibility index (Phi) is 3.51. The lowest BCUT2D eigenvalue weighted by atomic mass is 10.1. The number of halogens is 1. The summed E-state index contributed by atoms with van der Waals surface area (Å²) in [5, 5.41) is 11.7. The highest BCUT2D eigenvalue weighted by Gasteiger charge is 2.08. The summed E-state index contributed by atoms with van der Waals surface area (Å²) in [5.74, 6) is 0.278. The summed E-state index contributed by atoms with van der Waals surface area (Å²) in [6.07, 6.45) is 0.671.